The summed E-state index contributed by atoms with van der Waals surface area (Å²) in [6, 6.07) is 0.272. The van der Waals surface area contributed by atoms with Gasteiger partial charge in [0.05, 0.1) is 6.10 Å². The van der Waals surface area contributed by atoms with Crippen LogP contribution >= 0.6 is 0 Å². The maximum atomic E-state index is 5.70. The van der Waals surface area contributed by atoms with Crippen molar-refractivity contribution in [1.82, 2.24) is 15.0 Å². The van der Waals surface area contributed by atoms with Crippen molar-refractivity contribution in [2.75, 3.05) is 37.2 Å². The number of aromatic nitrogens is 3. The van der Waals surface area contributed by atoms with Crippen molar-refractivity contribution in [2.24, 2.45) is 5.41 Å². The normalized spacial score (nSPS) is 24.7. The van der Waals surface area contributed by atoms with E-state index in [-0.39, 0.29) is 23.5 Å². The second-order valence-electron chi connectivity index (χ2n) is 5.69. The van der Waals surface area contributed by atoms with Crippen molar-refractivity contribution in [3.8, 4) is 0 Å². The van der Waals surface area contributed by atoms with Gasteiger partial charge in [-0.05, 0) is 6.42 Å². The van der Waals surface area contributed by atoms with Gasteiger partial charge in [-0.3, -0.25) is 0 Å². The maximum Gasteiger partial charge on any atom is 0.231 e. The molecule has 3 N–H and O–H groups in total. The molecule has 0 spiro atoms. The molecule has 7 heteroatoms. The second-order valence-corrected chi connectivity index (χ2v) is 5.69. The summed E-state index contributed by atoms with van der Waals surface area (Å²) < 4.78 is 5.43. The molecule has 1 heterocycles. The van der Waals surface area contributed by atoms with Crippen molar-refractivity contribution in [1.29, 1.82) is 0 Å². The molecule has 1 aromatic heterocycles. The molecule has 2 unspecified atom stereocenters. The van der Waals surface area contributed by atoms with Gasteiger partial charge in [-0.1, -0.05) is 13.8 Å². The van der Waals surface area contributed by atoms with Crippen LogP contribution in [0.1, 0.15) is 20.3 Å². The van der Waals surface area contributed by atoms with Crippen molar-refractivity contribution >= 4 is 17.8 Å². The average molecular weight is 266 g/mol. The van der Waals surface area contributed by atoms with Crippen LogP contribution < -0.4 is 16.0 Å². The molecule has 1 aromatic rings. The number of methoxy groups -OCH3 is 1. The van der Waals surface area contributed by atoms with E-state index in [1.54, 1.807) is 12.0 Å². The first-order valence-corrected chi connectivity index (χ1v) is 6.32. The number of hydrogen-bond acceptors (Lipinski definition) is 7. The van der Waals surface area contributed by atoms with Gasteiger partial charge in [0.1, 0.15) is 0 Å². The molecule has 1 fully saturated rings. The minimum absolute atomic E-state index is 0.0500. The lowest BCUT2D eigenvalue weighted by molar-refractivity contribution is -0.0796. The summed E-state index contributed by atoms with van der Waals surface area (Å²) in [6.45, 7) is 4.33. The van der Waals surface area contributed by atoms with E-state index in [4.69, 9.17) is 10.5 Å². The van der Waals surface area contributed by atoms with Gasteiger partial charge < -0.3 is 20.7 Å². The zero-order valence-electron chi connectivity index (χ0n) is 12.1. The van der Waals surface area contributed by atoms with Gasteiger partial charge in [-0.25, -0.2) is 0 Å². The molecule has 0 aromatic carbocycles. The third-order valence-electron chi connectivity index (χ3n) is 3.81. The molecule has 7 nitrogen and oxygen atoms in total. The van der Waals surface area contributed by atoms with Gasteiger partial charge in [0.25, 0.3) is 0 Å². The van der Waals surface area contributed by atoms with E-state index < -0.39 is 0 Å². The molecule has 0 amide bonds. The highest BCUT2D eigenvalue weighted by Crippen LogP contribution is 2.43. The number of nitrogens with one attached hydrogen (secondary N) is 1. The Kier molecular flexibility index (Phi) is 3.49. The van der Waals surface area contributed by atoms with E-state index in [1.807, 2.05) is 14.1 Å². The first-order chi connectivity index (χ1) is 8.84. The van der Waals surface area contributed by atoms with E-state index in [0.717, 1.165) is 6.42 Å². The van der Waals surface area contributed by atoms with Crippen LogP contribution in [0.15, 0.2) is 0 Å². The number of nitrogens with two attached hydrogens (primary N) is 1. The van der Waals surface area contributed by atoms with Crippen molar-refractivity contribution in [2.45, 2.75) is 32.4 Å². The van der Waals surface area contributed by atoms with Crippen LogP contribution in [0.25, 0.3) is 0 Å². The number of rotatable bonds is 4. The van der Waals surface area contributed by atoms with Gasteiger partial charge in [0.15, 0.2) is 0 Å². The fraction of sp³-hybridized carbons (Fsp3) is 0.750. The minimum Gasteiger partial charge on any atom is -0.381 e. The summed E-state index contributed by atoms with van der Waals surface area (Å²) >= 11 is 0. The Hall–Kier alpha value is -1.63. The van der Waals surface area contributed by atoms with E-state index in [9.17, 15) is 0 Å². The monoisotopic (exact) mass is 266 g/mol. The third-order valence-corrected chi connectivity index (χ3v) is 3.81. The molecule has 1 saturated carbocycles. The molecular formula is C12H22N6O. The summed E-state index contributed by atoms with van der Waals surface area (Å²) in [4.78, 5) is 14.3. The minimum atomic E-state index is 0.0500. The molecule has 1 aliphatic rings. The Labute approximate surface area is 113 Å². The lowest BCUT2D eigenvalue weighted by atomic mass is 9.64. The fourth-order valence-corrected chi connectivity index (χ4v) is 2.33. The molecule has 106 valence electrons. The van der Waals surface area contributed by atoms with Gasteiger partial charge in [-0.2, -0.15) is 15.0 Å². The number of nitrogens with zero attached hydrogens (tertiary/aromatic N) is 4. The molecule has 1 aliphatic carbocycles. The van der Waals surface area contributed by atoms with Crippen LogP contribution in [0.4, 0.5) is 17.8 Å². The maximum absolute atomic E-state index is 5.70. The van der Waals surface area contributed by atoms with Crippen LogP contribution in [0.2, 0.25) is 0 Å². The van der Waals surface area contributed by atoms with E-state index in [1.165, 1.54) is 0 Å². The van der Waals surface area contributed by atoms with Gasteiger partial charge in [0.2, 0.25) is 17.8 Å². The molecular weight excluding hydrogens is 244 g/mol. The van der Waals surface area contributed by atoms with Crippen molar-refractivity contribution < 1.29 is 4.74 Å². The van der Waals surface area contributed by atoms with Crippen LogP contribution in [0.3, 0.4) is 0 Å². The van der Waals surface area contributed by atoms with Crippen molar-refractivity contribution in [3.63, 3.8) is 0 Å². The van der Waals surface area contributed by atoms with Crippen LogP contribution in [0, 0.1) is 5.41 Å². The molecule has 0 bridgehead atoms. The summed E-state index contributed by atoms with van der Waals surface area (Å²) in [5.74, 6) is 1.29. The highest BCUT2D eigenvalue weighted by atomic mass is 16.5. The highest BCUT2D eigenvalue weighted by Gasteiger charge is 2.48. The summed E-state index contributed by atoms with van der Waals surface area (Å²) in [5.41, 5.74) is 5.75. The summed E-state index contributed by atoms with van der Waals surface area (Å²) in [5, 5.41) is 3.32. The first-order valence-electron chi connectivity index (χ1n) is 6.32. The van der Waals surface area contributed by atoms with Crippen molar-refractivity contribution in [3.05, 3.63) is 0 Å². The molecule has 0 saturated heterocycles. The van der Waals surface area contributed by atoms with Crippen LogP contribution in [0.5, 0.6) is 0 Å². The van der Waals surface area contributed by atoms with Gasteiger partial charge in [0, 0.05) is 32.7 Å². The smallest absolute Gasteiger partial charge is 0.231 e. The van der Waals surface area contributed by atoms with E-state index >= 15 is 0 Å². The Morgan fingerprint density at radius 2 is 2.00 bits per heavy atom. The summed E-state index contributed by atoms with van der Waals surface area (Å²) in [7, 11) is 5.48. The number of ether oxygens (including phenoxy) is 1. The molecule has 0 radical (unpaired) electrons. The van der Waals surface area contributed by atoms with Gasteiger partial charge >= 0.3 is 0 Å². The van der Waals surface area contributed by atoms with E-state index in [0.29, 0.717) is 11.9 Å². The van der Waals surface area contributed by atoms with Gasteiger partial charge in [-0.15, -0.1) is 0 Å². The predicted molar refractivity (Wildman–Crippen MR) is 75.2 cm³/mol. The van der Waals surface area contributed by atoms with E-state index in [2.05, 4.69) is 34.1 Å². The highest BCUT2D eigenvalue weighted by molar-refractivity contribution is 5.42. The fourth-order valence-electron chi connectivity index (χ4n) is 2.33. The Bertz CT molecular complexity index is 462. The lowest BCUT2D eigenvalue weighted by Crippen LogP contribution is -2.57. The second kappa shape index (κ2) is 4.80. The zero-order chi connectivity index (χ0) is 14.2. The van der Waals surface area contributed by atoms with Crippen LogP contribution in [-0.2, 0) is 4.74 Å². The Morgan fingerprint density at radius 1 is 1.32 bits per heavy atom. The third kappa shape index (κ3) is 2.56. The average Bonchev–Trinajstić information content (AvgIpc) is 2.33. The molecule has 2 atom stereocenters. The topological polar surface area (TPSA) is 89.2 Å². The predicted octanol–water partition coefficient (Wildman–Crippen LogP) is 0.745. The summed E-state index contributed by atoms with van der Waals surface area (Å²) in [6.07, 6.45) is 1.20. The lowest BCUT2D eigenvalue weighted by Gasteiger charge is -2.51. The standard InChI is InChI=1S/C12H22N6O/c1-12(2)7(6-8(12)19-5)14-10-15-9(13)16-11(17-10)18(3)4/h7-8H,6H2,1-5H3,(H3,13,14,15,16,17). The number of hydrogen-bond donors (Lipinski definition) is 2. The molecule has 2 rings (SSSR count). The molecule has 0 aliphatic heterocycles. The molecule has 19 heavy (non-hydrogen) atoms. The largest absolute Gasteiger partial charge is 0.381 e. The first kappa shape index (κ1) is 13.8. The Balaban J connectivity index is 2.12. The zero-order valence-corrected chi connectivity index (χ0v) is 12.1. The van der Waals surface area contributed by atoms with Crippen LogP contribution in [-0.4, -0.2) is 48.3 Å². The number of anilines is 3. The number of nitrogen functional groups attached to an aromatic ring is 1. The SMILES string of the molecule is COC1CC(Nc2nc(N)nc(N(C)C)n2)C1(C)C. The Morgan fingerprint density at radius 3 is 2.53 bits per heavy atom. The quantitative estimate of drug-likeness (QED) is 0.831.